The molecule has 51 heavy (non-hydrogen) atoms. The molecule has 272 valence electrons. The van der Waals surface area contributed by atoms with Gasteiger partial charge < -0.3 is 31.6 Å². The molecule has 0 amide bonds. The van der Waals surface area contributed by atoms with Gasteiger partial charge in [0.2, 0.25) is 5.78 Å². The molecule has 0 bridgehead atoms. The number of carbonyl (C=O) groups is 3. The Bertz CT molecular complexity index is 1720. The number of hydrogen-bond acceptors (Lipinski definition) is 9. The van der Waals surface area contributed by atoms with Crippen LogP contribution in [0.15, 0.2) is 71.4 Å². The van der Waals surface area contributed by atoms with Gasteiger partial charge in [0, 0.05) is 42.8 Å². The lowest BCUT2D eigenvalue weighted by Gasteiger charge is -2.34. The number of nitrogens with two attached hydrogens (primary N) is 2. The topological polar surface area (TPSA) is 174 Å². The Hall–Kier alpha value is -4.35. The van der Waals surface area contributed by atoms with Crippen LogP contribution in [0.25, 0.3) is 0 Å². The highest BCUT2D eigenvalue weighted by Gasteiger charge is 2.85. The molecule has 4 aliphatic rings. The second-order valence-corrected chi connectivity index (χ2v) is 14.7. The van der Waals surface area contributed by atoms with Gasteiger partial charge in [-0.2, -0.15) is 0 Å². The van der Waals surface area contributed by atoms with E-state index in [2.05, 4.69) is 39.7 Å². The molecule has 0 spiro atoms. The van der Waals surface area contributed by atoms with Crippen molar-refractivity contribution < 1.29 is 23.9 Å². The van der Waals surface area contributed by atoms with Gasteiger partial charge in [0.1, 0.15) is 5.82 Å². The van der Waals surface area contributed by atoms with Gasteiger partial charge in [-0.05, 0) is 75.1 Å². The van der Waals surface area contributed by atoms with Gasteiger partial charge in [-0.15, -0.1) is 0 Å². The summed E-state index contributed by atoms with van der Waals surface area (Å²) in [6.45, 7) is 5.14. The largest absolute Gasteiger partial charge is 0.463 e. The van der Waals surface area contributed by atoms with Crippen LogP contribution < -0.4 is 22.1 Å². The van der Waals surface area contributed by atoms with Gasteiger partial charge in [0.15, 0.2) is 17.3 Å². The fourth-order valence-corrected chi connectivity index (χ4v) is 8.17. The van der Waals surface area contributed by atoms with E-state index in [1.807, 2.05) is 19.1 Å². The van der Waals surface area contributed by atoms with Crippen molar-refractivity contribution in [2.24, 2.45) is 28.5 Å². The summed E-state index contributed by atoms with van der Waals surface area (Å²) >= 11 is 0. The van der Waals surface area contributed by atoms with Crippen molar-refractivity contribution in [1.29, 1.82) is 0 Å². The van der Waals surface area contributed by atoms with Crippen molar-refractivity contribution >= 4 is 29.3 Å². The second-order valence-electron chi connectivity index (χ2n) is 14.7. The molecular formula is C40H52N6O5. The quantitative estimate of drug-likeness (QED) is 0.0542. The van der Waals surface area contributed by atoms with Crippen molar-refractivity contribution in [3.63, 3.8) is 0 Å². The number of ketones is 2. The van der Waals surface area contributed by atoms with E-state index in [0.717, 1.165) is 30.5 Å². The fourth-order valence-electron chi connectivity index (χ4n) is 8.17. The molecule has 11 nitrogen and oxygen atoms in total. The number of hydrogen-bond donors (Lipinski definition) is 4. The lowest BCUT2D eigenvalue weighted by molar-refractivity contribution is -0.149. The Morgan fingerprint density at radius 1 is 1.14 bits per heavy atom. The van der Waals surface area contributed by atoms with Crippen molar-refractivity contribution in [3.05, 3.63) is 83.1 Å². The number of esters is 1. The standard InChI is InChI=1S/C40H52N6O5/c1-4-26-14-15-32(45-23-27-10-6-5-7-11-27)29(21-26)24-50-37(49)40-36(48)31-13-9-8-12-30(31)35(47)39(40,51-40)18-16-25(2)20-33(46-38(42)43-3)28-17-19-44-34(41)22-28/h8-9,12-17,19,22,26-27,29,32-33,45H,4-7,10-11,18,20-21,23-24H2,1-3H3,(H2,41,44)(H3,42,43,46)/b25-16+/t26-,29+,32-,33-,39+,40+/m1/s1. The van der Waals surface area contributed by atoms with Crippen molar-refractivity contribution in [3.8, 4) is 0 Å². The van der Waals surface area contributed by atoms with E-state index in [4.69, 9.17) is 20.9 Å². The van der Waals surface area contributed by atoms with Crippen LogP contribution in [0.3, 0.4) is 0 Å². The average Bonchev–Trinajstić information content (AvgIpc) is 3.86. The first-order valence-corrected chi connectivity index (χ1v) is 18.5. The summed E-state index contributed by atoms with van der Waals surface area (Å²) in [5, 5.41) is 6.96. The lowest BCUT2D eigenvalue weighted by atomic mass is 9.72. The lowest BCUT2D eigenvalue weighted by Crippen LogP contribution is -2.51. The van der Waals surface area contributed by atoms with E-state index in [-0.39, 0.29) is 48.1 Å². The average molecular weight is 697 g/mol. The molecule has 2 heterocycles. The number of Topliss-reactive ketones (excluding diaryl/α,β-unsaturated/α-hetero) is 2. The molecule has 11 heteroatoms. The predicted molar refractivity (Wildman–Crippen MR) is 197 cm³/mol. The number of guanidine groups is 1. The first-order chi connectivity index (χ1) is 24.6. The number of anilines is 1. The van der Waals surface area contributed by atoms with Gasteiger partial charge in [-0.3, -0.25) is 14.6 Å². The van der Waals surface area contributed by atoms with Crippen LogP contribution in [0.2, 0.25) is 0 Å². The van der Waals surface area contributed by atoms with E-state index in [1.54, 1.807) is 43.6 Å². The Balaban J connectivity index is 1.22. The summed E-state index contributed by atoms with van der Waals surface area (Å²) in [5.41, 5.74) is 10.4. The maximum Gasteiger partial charge on any atom is 0.350 e. The number of ether oxygens (including phenoxy) is 2. The molecule has 0 radical (unpaired) electrons. The Morgan fingerprint density at radius 2 is 1.88 bits per heavy atom. The SMILES string of the molecule is CC[C@@H]1C=C[C@@H](NCC2CCCCC2)[C@H](COC(=O)[C@]23O[C@@]2(C/C=C(\C)C[C@@H](NC(N)=NC)c2ccnc(N)c2)C(=O)c2ccccc2C3=O)C1. The number of aromatic nitrogens is 1. The van der Waals surface area contributed by atoms with Crippen LogP contribution in [0.5, 0.6) is 0 Å². The molecule has 1 aliphatic heterocycles. The van der Waals surface area contributed by atoms with Gasteiger partial charge >= 0.3 is 5.97 Å². The Morgan fingerprint density at radius 3 is 2.59 bits per heavy atom. The number of carbonyl (C=O) groups excluding carboxylic acids is 3. The van der Waals surface area contributed by atoms with Crippen LogP contribution in [0.4, 0.5) is 5.82 Å². The summed E-state index contributed by atoms with van der Waals surface area (Å²) in [7, 11) is 1.59. The van der Waals surface area contributed by atoms with E-state index >= 15 is 0 Å². The molecule has 1 saturated carbocycles. The number of allylic oxidation sites excluding steroid dienone is 1. The maximum atomic E-state index is 14.2. The van der Waals surface area contributed by atoms with E-state index < -0.39 is 28.7 Å². The summed E-state index contributed by atoms with van der Waals surface area (Å²) in [4.78, 5) is 50.7. The normalized spacial score (nSPS) is 28.5. The zero-order chi connectivity index (χ0) is 36.2. The predicted octanol–water partition coefficient (Wildman–Crippen LogP) is 5.24. The van der Waals surface area contributed by atoms with Gasteiger partial charge in [-0.25, -0.2) is 9.78 Å². The highest BCUT2D eigenvalue weighted by atomic mass is 16.7. The van der Waals surface area contributed by atoms with E-state index in [9.17, 15) is 14.4 Å². The third-order valence-electron chi connectivity index (χ3n) is 11.3. The minimum atomic E-state index is -2.04. The van der Waals surface area contributed by atoms with Crippen molar-refractivity contribution in [2.45, 2.75) is 94.9 Å². The summed E-state index contributed by atoms with van der Waals surface area (Å²) in [6.07, 6.45) is 16.7. The van der Waals surface area contributed by atoms with Crippen LogP contribution in [0, 0.1) is 17.8 Å². The molecule has 6 rings (SSSR count). The molecule has 1 aromatic heterocycles. The van der Waals surface area contributed by atoms with Crippen molar-refractivity contribution in [2.75, 3.05) is 25.9 Å². The Labute approximate surface area is 300 Å². The monoisotopic (exact) mass is 696 g/mol. The minimum Gasteiger partial charge on any atom is -0.463 e. The van der Waals surface area contributed by atoms with Gasteiger partial charge in [-0.1, -0.05) is 74.3 Å². The van der Waals surface area contributed by atoms with Crippen LogP contribution in [0.1, 0.15) is 104 Å². The van der Waals surface area contributed by atoms with Crippen LogP contribution >= 0.6 is 0 Å². The van der Waals surface area contributed by atoms with Crippen LogP contribution in [-0.4, -0.2) is 65.9 Å². The van der Waals surface area contributed by atoms with E-state index in [0.29, 0.717) is 24.1 Å². The van der Waals surface area contributed by atoms with E-state index in [1.165, 1.54) is 32.1 Å². The highest BCUT2D eigenvalue weighted by molar-refractivity contribution is 6.32. The third-order valence-corrected chi connectivity index (χ3v) is 11.3. The first kappa shape index (κ1) is 36.4. The molecule has 1 aromatic carbocycles. The summed E-state index contributed by atoms with van der Waals surface area (Å²) in [5.74, 6) is -0.0241. The fraction of sp³-hybridized carbons (Fsp3) is 0.525. The number of benzene rings is 1. The van der Waals surface area contributed by atoms with Crippen LogP contribution in [-0.2, 0) is 14.3 Å². The van der Waals surface area contributed by atoms with Gasteiger partial charge in [0.05, 0.1) is 12.6 Å². The Kier molecular flexibility index (Phi) is 11.1. The first-order valence-electron chi connectivity index (χ1n) is 18.5. The number of epoxide rings is 1. The van der Waals surface area contributed by atoms with Crippen molar-refractivity contribution in [1.82, 2.24) is 15.6 Å². The number of nitrogen functional groups attached to an aromatic ring is 1. The number of nitrogens with zero attached hydrogens (tertiary/aromatic N) is 2. The molecule has 3 aliphatic carbocycles. The molecule has 6 N–H and O–H groups in total. The van der Waals surface area contributed by atoms with Gasteiger partial charge in [0.25, 0.3) is 5.60 Å². The maximum absolute atomic E-state index is 14.2. The zero-order valence-electron chi connectivity index (χ0n) is 30.0. The minimum absolute atomic E-state index is 0.0189. The number of nitrogens with one attached hydrogen (secondary N) is 2. The number of pyridine rings is 1. The molecular weight excluding hydrogens is 644 g/mol. The smallest absolute Gasteiger partial charge is 0.350 e. The summed E-state index contributed by atoms with van der Waals surface area (Å²) < 4.78 is 12.2. The molecule has 1 saturated heterocycles. The second kappa shape index (κ2) is 15.5. The number of aliphatic imine (C=N–C) groups is 1. The zero-order valence-corrected chi connectivity index (χ0v) is 30.0. The third kappa shape index (κ3) is 7.37. The molecule has 6 atom stereocenters. The highest BCUT2D eigenvalue weighted by Crippen LogP contribution is 2.58. The number of rotatable bonds is 13. The molecule has 2 fully saturated rings. The summed E-state index contributed by atoms with van der Waals surface area (Å²) in [6, 6.07) is 9.96. The molecule has 2 aromatic rings. The number of fused-ring (bicyclic) bond motifs is 2. The molecule has 0 unspecified atom stereocenters.